The van der Waals surface area contributed by atoms with Gasteiger partial charge in [-0.1, -0.05) is 20.8 Å². The molecule has 2 bridgehead atoms. The van der Waals surface area contributed by atoms with Gasteiger partial charge in [0.15, 0.2) is 0 Å². The summed E-state index contributed by atoms with van der Waals surface area (Å²) in [6.45, 7) is 7.57. The maximum atomic E-state index is 11.7. The summed E-state index contributed by atoms with van der Waals surface area (Å²) < 4.78 is 5.42. The number of fused-ring (bicyclic) bond motifs is 2. The van der Waals surface area contributed by atoms with Crippen molar-refractivity contribution in [3.05, 3.63) is 0 Å². The van der Waals surface area contributed by atoms with E-state index in [1.165, 1.54) is 6.92 Å². The first-order valence-corrected chi connectivity index (χ1v) is 5.47. The molecule has 0 aliphatic heterocycles. The van der Waals surface area contributed by atoms with Gasteiger partial charge in [-0.15, -0.1) is 0 Å². The van der Waals surface area contributed by atoms with Gasteiger partial charge in [-0.3, -0.25) is 9.59 Å². The van der Waals surface area contributed by atoms with E-state index in [1.54, 1.807) is 0 Å². The predicted molar refractivity (Wildman–Crippen MR) is 55.2 cm³/mol. The van der Waals surface area contributed by atoms with Crippen molar-refractivity contribution < 1.29 is 14.3 Å². The third-order valence-electron chi connectivity index (χ3n) is 4.13. The summed E-state index contributed by atoms with van der Waals surface area (Å²) in [4.78, 5) is 22.8. The van der Waals surface area contributed by atoms with Crippen molar-refractivity contribution in [3.8, 4) is 0 Å². The van der Waals surface area contributed by atoms with Crippen LogP contribution in [-0.4, -0.2) is 17.9 Å². The van der Waals surface area contributed by atoms with E-state index >= 15 is 0 Å². The van der Waals surface area contributed by atoms with Crippen LogP contribution in [0.3, 0.4) is 0 Å². The molecule has 0 aromatic carbocycles. The van der Waals surface area contributed by atoms with Crippen molar-refractivity contribution in [1.82, 2.24) is 0 Å². The van der Waals surface area contributed by atoms with E-state index in [0.29, 0.717) is 12.2 Å². The van der Waals surface area contributed by atoms with Gasteiger partial charge in [0, 0.05) is 30.1 Å². The zero-order chi connectivity index (χ0) is 11.4. The fourth-order valence-electron chi connectivity index (χ4n) is 3.59. The number of carbonyl (C=O) groups excluding carboxylic acids is 2. The molecule has 0 unspecified atom stereocenters. The second-order valence-electron chi connectivity index (χ2n) is 5.86. The standard InChI is InChI=1S/C12H18O3/c1-7(13)15-10-11(2,3)8-5-12(10,4)6-9(8)14/h8,10H,5-6H2,1-4H3/t8-,10+,12+/m0/s1. The van der Waals surface area contributed by atoms with Gasteiger partial charge < -0.3 is 4.74 Å². The molecule has 0 amide bonds. The molecule has 2 fully saturated rings. The Kier molecular flexibility index (Phi) is 2.01. The van der Waals surface area contributed by atoms with E-state index in [1.807, 2.05) is 13.8 Å². The molecule has 2 aliphatic rings. The van der Waals surface area contributed by atoms with Gasteiger partial charge >= 0.3 is 5.97 Å². The summed E-state index contributed by atoms with van der Waals surface area (Å²) in [5, 5.41) is 0. The number of hydrogen-bond donors (Lipinski definition) is 0. The lowest BCUT2D eigenvalue weighted by atomic mass is 9.69. The Hall–Kier alpha value is -0.860. The first-order valence-electron chi connectivity index (χ1n) is 5.47. The lowest BCUT2D eigenvalue weighted by Crippen LogP contribution is -2.46. The Bertz CT molecular complexity index is 327. The summed E-state index contributed by atoms with van der Waals surface area (Å²) in [5.41, 5.74) is -0.327. The van der Waals surface area contributed by atoms with Gasteiger partial charge in [0.25, 0.3) is 0 Å². The van der Waals surface area contributed by atoms with Crippen LogP contribution >= 0.6 is 0 Å². The quantitative estimate of drug-likeness (QED) is 0.621. The van der Waals surface area contributed by atoms with E-state index < -0.39 is 0 Å². The van der Waals surface area contributed by atoms with E-state index in [-0.39, 0.29) is 28.8 Å². The third kappa shape index (κ3) is 1.32. The Labute approximate surface area is 90.2 Å². The fraction of sp³-hybridized carbons (Fsp3) is 0.833. The van der Waals surface area contributed by atoms with Crippen molar-refractivity contribution in [1.29, 1.82) is 0 Å². The van der Waals surface area contributed by atoms with Crippen molar-refractivity contribution >= 4 is 11.8 Å². The van der Waals surface area contributed by atoms with Gasteiger partial charge in [-0.05, 0) is 6.42 Å². The van der Waals surface area contributed by atoms with Crippen LogP contribution in [0.15, 0.2) is 0 Å². The predicted octanol–water partition coefficient (Wildman–Crippen LogP) is 1.94. The van der Waals surface area contributed by atoms with Crippen LogP contribution in [0.25, 0.3) is 0 Å². The molecule has 0 spiro atoms. The minimum Gasteiger partial charge on any atom is -0.461 e. The molecule has 2 aliphatic carbocycles. The van der Waals surface area contributed by atoms with Crippen molar-refractivity contribution in [2.24, 2.45) is 16.7 Å². The average molecular weight is 210 g/mol. The smallest absolute Gasteiger partial charge is 0.302 e. The molecule has 0 N–H and O–H groups in total. The summed E-state index contributed by atoms with van der Waals surface area (Å²) in [5.74, 6) is 0.173. The molecule has 3 atom stereocenters. The lowest BCUT2D eigenvalue weighted by Gasteiger charge is -2.40. The minimum atomic E-state index is -0.241. The number of ether oxygens (including phenoxy) is 1. The highest BCUT2D eigenvalue weighted by Crippen LogP contribution is 2.61. The molecular formula is C12H18O3. The molecule has 0 radical (unpaired) electrons. The highest BCUT2D eigenvalue weighted by atomic mass is 16.5. The van der Waals surface area contributed by atoms with Gasteiger partial charge in [0.2, 0.25) is 0 Å². The minimum absolute atomic E-state index is 0.0758. The second-order valence-corrected chi connectivity index (χ2v) is 5.86. The lowest BCUT2D eigenvalue weighted by molar-refractivity contribution is -0.164. The number of carbonyl (C=O) groups is 2. The molecule has 0 aromatic rings. The number of esters is 1. The number of hydrogen-bond acceptors (Lipinski definition) is 3. The van der Waals surface area contributed by atoms with E-state index in [4.69, 9.17) is 4.74 Å². The maximum absolute atomic E-state index is 11.7. The number of rotatable bonds is 1. The molecule has 3 heteroatoms. The Morgan fingerprint density at radius 2 is 2.00 bits per heavy atom. The zero-order valence-electron chi connectivity index (χ0n) is 9.79. The molecule has 3 nitrogen and oxygen atoms in total. The SMILES string of the molecule is CC(=O)O[C@@H]1C(C)(C)[C@H]2C[C@]1(C)CC2=O. The summed E-state index contributed by atoms with van der Waals surface area (Å²) in [7, 11) is 0. The fourth-order valence-corrected chi connectivity index (χ4v) is 3.59. The second kappa shape index (κ2) is 2.83. The highest BCUT2D eigenvalue weighted by Gasteiger charge is 2.65. The maximum Gasteiger partial charge on any atom is 0.302 e. The number of ketones is 1. The molecule has 15 heavy (non-hydrogen) atoms. The number of Topliss-reactive ketones (excluding diaryl/α,β-unsaturated/α-hetero) is 1. The largest absolute Gasteiger partial charge is 0.461 e. The van der Waals surface area contributed by atoms with Crippen LogP contribution in [-0.2, 0) is 14.3 Å². The molecule has 0 heterocycles. The first-order chi connectivity index (χ1) is 6.77. The molecule has 2 rings (SSSR count). The monoisotopic (exact) mass is 210 g/mol. The van der Waals surface area contributed by atoms with E-state index in [2.05, 4.69) is 6.92 Å². The third-order valence-corrected chi connectivity index (χ3v) is 4.13. The molecule has 84 valence electrons. The zero-order valence-corrected chi connectivity index (χ0v) is 9.79. The molecule has 0 saturated heterocycles. The van der Waals surface area contributed by atoms with Crippen LogP contribution in [0.2, 0.25) is 0 Å². The molecule has 0 aromatic heterocycles. The topological polar surface area (TPSA) is 43.4 Å². The Balaban J connectivity index is 2.32. The van der Waals surface area contributed by atoms with Crippen LogP contribution < -0.4 is 0 Å². The highest BCUT2D eigenvalue weighted by molar-refractivity contribution is 5.86. The van der Waals surface area contributed by atoms with E-state index in [0.717, 1.165) is 6.42 Å². The van der Waals surface area contributed by atoms with E-state index in [9.17, 15) is 9.59 Å². The van der Waals surface area contributed by atoms with Crippen molar-refractivity contribution in [2.75, 3.05) is 0 Å². The summed E-state index contributed by atoms with van der Waals surface area (Å²) in [6, 6.07) is 0. The van der Waals surface area contributed by atoms with Gasteiger partial charge in [-0.2, -0.15) is 0 Å². The van der Waals surface area contributed by atoms with Crippen LogP contribution in [0.4, 0.5) is 0 Å². The van der Waals surface area contributed by atoms with Crippen LogP contribution in [0.1, 0.15) is 40.5 Å². The first kappa shape index (κ1) is 10.7. The van der Waals surface area contributed by atoms with Crippen LogP contribution in [0.5, 0.6) is 0 Å². The van der Waals surface area contributed by atoms with Crippen LogP contribution in [0, 0.1) is 16.7 Å². The molecule has 2 saturated carbocycles. The Morgan fingerprint density at radius 3 is 2.40 bits per heavy atom. The van der Waals surface area contributed by atoms with Gasteiger partial charge in [0.1, 0.15) is 11.9 Å². The van der Waals surface area contributed by atoms with Crippen molar-refractivity contribution in [2.45, 2.75) is 46.6 Å². The average Bonchev–Trinajstić information content (AvgIpc) is 2.45. The summed E-state index contributed by atoms with van der Waals surface area (Å²) in [6.07, 6.45) is 1.33. The molecular weight excluding hydrogens is 192 g/mol. The summed E-state index contributed by atoms with van der Waals surface area (Å²) >= 11 is 0. The van der Waals surface area contributed by atoms with Crippen molar-refractivity contribution in [3.63, 3.8) is 0 Å². The Morgan fingerprint density at radius 1 is 1.40 bits per heavy atom. The normalized spacial score (nSPS) is 42.0. The van der Waals surface area contributed by atoms with Gasteiger partial charge in [-0.25, -0.2) is 0 Å². The van der Waals surface area contributed by atoms with Gasteiger partial charge in [0.05, 0.1) is 0 Å².